The van der Waals surface area contributed by atoms with Crippen LogP contribution in [0, 0.1) is 6.92 Å². The third kappa shape index (κ3) is 3.50. The SMILES string of the molecule is Cc1ccc2c(oc3c(-c4ccc5ccccc5c4)c([Si](C)(C)C)ccc32)c1-c1cccc[n+]1C. The second-order valence-electron chi connectivity index (χ2n) is 10.6. The highest BCUT2D eigenvalue weighted by molar-refractivity contribution is 6.90. The van der Waals surface area contributed by atoms with Gasteiger partial charge in [0.25, 0.3) is 0 Å². The minimum absolute atomic E-state index is 0.969. The molecule has 2 aromatic heterocycles. The number of pyridine rings is 1. The van der Waals surface area contributed by atoms with Gasteiger partial charge in [-0.1, -0.05) is 80.3 Å². The fourth-order valence-corrected chi connectivity index (χ4v) is 6.95. The monoisotopic (exact) mass is 472 g/mol. The summed E-state index contributed by atoms with van der Waals surface area (Å²) in [6, 6.07) is 30.8. The van der Waals surface area contributed by atoms with Crippen LogP contribution in [0.25, 0.3) is 55.1 Å². The Morgan fingerprint density at radius 3 is 2.11 bits per heavy atom. The molecule has 6 rings (SSSR count). The molecule has 6 aromatic rings. The first-order valence-corrected chi connectivity index (χ1v) is 15.8. The summed E-state index contributed by atoms with van der Waals surface area (Å²) in [6.07, 6.45) is 2.10. The summed E-state index contributed by atoms with van der Waals surface area (Å²) in [7, 11) is 0.441. The van der Waals surface area contributed by atoms with Crippen molar-refractivity contribution in [2.45, 2.75) is 26.6 Å². The first-order valence-electron chi connectivity index (χ1n) is 12.3. The van der Waals surface area contributed by atoms with E-state index in [2.05, 4.69) is 129 Å². The Morgan fingerprint density at radius 2 is 1.37 bits per heavy atom. The molecular weight excluding hydrogens is 442 g/mol. The van der Waals surface area contributed by atoms with E-state index in [4.69, 9.17) is 4.42 Å². The van der Waals surface area contributed by atoms with Crippen molar-refractivity contribution in [2.24, 2.45) is 7.05 Å². The minimum Gasteiger partial charge on any atom is -0.455 e. The van der Waals surface area contributed by atoms with E-state index in [1.807, 2.05) is 0 Å². The lowest BCUT2D eigenvalue weighted by Crippen LogP contribution is -2.39. The number of fused-ring (bicyclic) bond motifs is 4. The topological polar surface area (TPSA) is 17.0 Å². The molecule has 0 aliphatic carbocycles. The van der Waals surface area contributed by atoms with Gasteiger partial charge in [-0.2, -0.15) is 0 Å². The van der Waals surface area contributed by atoms with Gasteiger partial charge in [0.05, 0.1) is 13.6 Å². The van der Waals surface area contributed by atoms with E-state index in [9.17, 15) is 0 Å². The molecule has 0 fully saturated rings. The van der Waals surface area contributed by atoms with Crippen LogP contribution in [0.1, 0.15) is 5.56 Å². The van der Waals surface area contributed by atoms with Gasteiger partial charge in [0.1, 0.15) is 18.2 Å². The van der Waals surface area contributed by atoms with E-state index in [1.165, 1.54) is 49.0 Å². The molecule has 0 unspecified atom stereocenters. The van der Waals surface area contributed by atoms with Crippen molar-refractivity contribution in [1.82, 2.24) is 0 Å². The molecule has 0 bridgehead atoms. The normalized spacial score (nSPS) is 12.1. The molecule has 0 spiro atoms. The van der Waals surface area contributed by atoms with Crippen molar-refractivity contribution < 1.29 is 8.98 Å². The predicted octanol–water partition coefficient (Wildman–Crippen LogP) is 7.75. The lowest BCUT2D eigenvalue weighted by Gasteiger charge is -2.21. The molecule has 0 amide bonds. The molecule has 0 aliphatic rings. The first kappa shape index (κ1) is 21.8. The van der Waals surface area contributed by atoms with E-state index >= 15 is 0 Å². The Morgan fingerprint density at radius 1 is 0.686 bits per heavy atom. The summed E-state index contributed by atoms with van der Waals surface area (Å²) in [4.78, 5) is 0. The molecule has 0 radical (unpaired) electrons. The second kappa shape index (κ2) is 7.93. The highest BCUT2D eigenvalue weighted by atomic mass is 28.3. The molecule has 0 saturated heterocycles. The van der Waals surface area contributed by atoms with Gasteiger partial charge in [0.15, 0.2) is 6.20 Å². The van der Waals surface area contributed by atoms with Gasteiger partial charge < -0.3 is 4.42 Å². The van der Waals surface area contributed by atoms with E-state index in [-0.39, 0.29) is 0 Å². The maximum atomic E-state index is 6.92. The number of aryl methyl sites for hydroxylation is 2. The van der Waals surface area contributed by atoms with Crippen LogP contribution >= 0.6 is 0 Å². The number of rotatable bonds is 3. The smallest absolute Gasteiger partial charge is 0.216 e. The van der Waals surface area contributed by atoms with Crippen molar-refractivity contribution in [3.8, 4) is 22.4 Å². The largest absolute Gasteiger partial charge is 0.455 e. The minimum atomic E-state index is -1.66. The molecule has 2 nitrogen and oxygen atoms in total. The molecule has 0 N–H and O–H groups in total. The number of aromatic nitrogens is 1. The summed E-state index contributed by atoms with van der Waals surface area (Å²) >= 11 is 0. The van der Waals surface area contributed by atoms with Crippen LogP contribution in [0.2, 0.25) is 19.6 Å². The first-order chi connectivity index (χ1) is 16.8. The Bertz CT molecular complexity index is 1750. The zero-order chi connectivity index (χ0) is 24.3. The molecule has 4 aromatic carbocycles. The number of hydrogen-bond acceptors (Lipinski definition) is 1. The summed E-state index contributed by atoms with van der Waals surface area (Å²) in [6.45, 7) is 9.43. The highest BCUT2D eigenvalue weighted by Crippen LogP contribution is 2.41. The van der Waals surface area contributed by atoms with Crippen LogP contribution in [-0.4, -0.2) is 8.07 Å². The fourth-order valence-electron chi connectivity index (χ4n) is 5.36. The van der Waals surface area contributed by atoms with Gasteiger partial charge in [-0.25, -0.2) is 4.57 Å². The summed E-state index contributed by atoms with van der Waals surface area (Å²) in [5, 5.41) is 6.31. The maximum absolute atomic E-state index is 6.92. The van der Waals surface area contributed by atoms with Crippen molar-refractivity contribution >= 4 is 46.0 Å². The Labute approximate surface area is 207 Å². The van der Waals surface area contributed by atoms with Crippen LogP contribution in [0.4, 0.5) is 0 Å². The lowest BCUT2D eigenvalue weighted by molar-refractivity contribution is -0.660. The Hall–Kier alpha value is -3.69. The van der Waals surface area contributed by atoms with Crippen molar-refractivity contribution in [1.29, 1.82) is 0 Å². The van der Waals surface area contributed by atoms with Crippen LogP contribution < -0.4 is 9.75 Å². The fraction of sp³-hybridized carbons (Fsp3) is 0.156. The summed E-state index contributed by atoms with van der Waals surface area (Å²) in [5.41, 5.74) is 8.00. The average Bonchev–Trinajstić information content (AvgIpc) is 3.22. The third-order valence-corrected chi connectivity index (χ3v) is 9.21. The van der Waals surface area contributed by atoms with Crippen LogP contribution in [-0.2, 0) is 7.05 Å². The van der Waals surface area contributed by atoms with Gasteiger partial charge in [-0.3, -0.25) is 0 Å². The van der Waals surface area contributed by atoms with Crippen molar-refractivity contribution in [2.75, 3.05) is 0 Å². The van der Waals surface area contributed by atoms with Gasteiger partial charge in [-0.15, -0.1) is 0 Å². The summed E-state index contributed by atoms with van der Waals surface area (Å²) in [5.74, 6) is 0. The lowest BCUT2D eigenvalue weighted by atomic mass is 9.97. The number of benzene rings is 4. The van der Waals surface area contributed by atoms with Crippen LogP contribution in [0.5, 0.6) is 0 Å². The quantitative estimate of drug-likeness (QED) is 0.190. The van der Waals surface area contributed by atoms with Gasteiger partial charge >= 0.3 is 0 Å². The van der Waals surface area contributed by atoms with E-state index in [0.717, 1.165) is 16.9 Å². The second-order valence-corrected chi connectivity index (χ2v) is 15.6. The maximum Gasteiger partial charge on any atom is 0.216 e. The molecule has 0 aliphatic heterocycles. The highest BCUT2D eigenvalue weighted by Gasteiger charge is 2.27. The number of nitrogens with zero attached hydrogens (tertiary/aromatic N) is 1. The zero-order valence-electron chi connectivity index (χ0n) is 21.0. The third-order valence-electron chi connectivity index (χ3n) is 7.18. The van der Waals surface area contributed by atoms with Gasteiger partial charge in [0.2, 0.25) is 5.69 Å². The van der Waals surface area contributed by atoms with Crippen LogP contribution in [0.15, 0.2) is 95.5 Å². The average molecular weight is 473 g/mol. The van der Waals surface area contributed by atoms with Crippen LogP contribution in [0.3, 0.4) is 0 Å². The van der Waals surface area contributed by atoms with Crippen molar-refractivity contribution in [3.05, 3.63) is 96.7 Å². The molecule has 0 atom stereocenters. The Balaban J connectivity index is 1.74. The predicted molar refractivity (Wildman–Crippen MR) is 151 cm³/mol. The molecule has 2 heterocycles. The zero-order valence-corrected chi connectivity index (χ0v) is 22.0. The molecule has 35 heavy (non-hydrogen) atoms. The molecule has 3 heteroatoms. The molecule has 172 valence electrons. The standard InChI is InChI=1S/C32H30NOSi/c1-21-13-16-25-26-17-18-28(35(3,4)5)30(24-15-14-22-10-6-7-11-23(22)20-24)32(26)34-31(25)29(21)27-12-8-9-19-33(27)2/h6-20H,1-5H3/q+1. The van der Waals surface area contributed by atoms with Gasteiger partial charge in [-0.05, 0) is 46.1 Å². The van der Waals surface area contributed by atoms with E-state index in [0.29, 0.717) is 0 Å². The Kier molecular flexibility index (Phi) is 4.94. The molecule has 0 saturated carbocycles. The molecular formula is C32H30NOSi+. The van der Waals surface area contributed by atoms with Gasteiger partial charge in [0, 0.05) is 28.5 Å². The van der Waals surface area contributed by atoms with E-state index in [1.54, 1.807) is 0 Å². The number of furan rings is 1. The van der Waals surface area contributed by atoms with Crippen molar-refractivity contribution in [3.63, 3.8) is 0 Å². The summed E-state index contributed by atoms with van der Waals surface area (Å²) < 4.78 is 9.09. The number of hydrogen-bond donors (Lipinski definition) is 0. The van der Waals surface area contributed by atoms with E-state index < -0.39 is 8.07 Å².